The summed E-state index contributed by atoms with van der Waals surface area (Å²) in [7, 11) is -0.923. The fourth-order valence-corrected chi connectivity index (χ4v) is 37.1. The second-order valence-corrected chi connectivity index (χ2v) is 35.5. The summed E-state index contributed by atoms with van der Waals surface area (Å²) in [5.74, 6) is 5.99. The molecule has 2 atom stereocenters. The second-order valence-electron chi connectivity index (χ2n) is 7.04. The Kier molecular flexibility index (Phi) is 8.33. The molecule has 0 fully saturated rings. The first-order valence-corrected chi connectivity index (χ1v) is 22.5. The molecule has 0 heterocycles. The molecule has 0 radical (unpaired) electrons. The van der Waals surface area contributed by atoms with Crippen LogP contribution in [0.2, 0.25) is 11.5 Å². The molecule has 128 valence electrons. The van der Waals surface area contributed by atoms with Crippen LogP contribution in [-0.2, 0) is 18.6 Å². The van der Waals surface area contributed by atoms with Crippen molar-refractivity contribution >= 4 is 16.1 Å². The van der Waals surface area contributed by atoms with Crippen LogP contribution in [0, 0.1) is 5.92 Å². The van der Waals surface area contributed by atoms with Gasteiger partial charge in [0.2, 0.25) is 0 Å². The van der Waals surface area contributed by atoms with Crippen molar-refractivity contribution in [2.24, 2.45) is 5.92 Å². The van der Waals surface area contributed by atoms with Gasteiger partial charge in [0.05, 0.1) is 0 Å². The summed E-state index contributed by atoms with van der Waals surface area (Å²) < 4.78 is 2.75. The van der Waals surface area contributed by atoms with E-state index in [0.29, 0.717) is 5.92 Å². The number of allylic oxidation sites excluding steroid dienone is 5. The Morgan fingerprint density at radius 1 is 1.00 bits per heavy atom. The normalized spacial score (nSPS) is 21.0. The molecule has 0 nitrogen and oxygen atoms in total. The van der Waals surface area contributed by atoms with E-state index in [1.165, 1.54) is 5.56 Å². The van der Waals surface area contributed by atoms with Crippen molar-refractivity contribution < 1.29 is 43.4 Å². The molecule has 0 spiro atoms. The summed E-state index contributed by atoms with van der Waals surface area (Å²) in [5, 5.41) is 0. The monoisotopic (exact) mass is 500 g/mol. The zero-order chi connectivity index (χ0) is 16.0. The molecule has 1 aromatic rings. The molecule has 0 aromatic heterocycles. The maximum absolute atomic E-state index is 2.64. The standard InChI is InChI=1S/C10H9.C8H11.C2H6Ge.2ClH.Zr/c1-8-6-9-4-2-3-5-10(9)7-8;1-6-4-7(2)8(3)5-6;1-3-2;;;/h2-7H,1H3;4,6H,1-3H3;1-2H3;2*1H;/q;;;;;+2/p-2. The van der Waals surface area contributed by atoms with E-state index in [0.717, 1.165) is 3.63 Å². The molecule has 0 saturated heterocycles. The number of benzene rings is 1. The van der Waals surface area contributed by atoms with Crippen LogP contribution in [0.5, 0.6) is 0 Å². The van der Waals surface area contributed by atoms with Crippen molar-refractivity contribution in [1.82, 2.24) is 0 Å². The SMILES string of the molecule is CC1=CC(C)[C]([Zr+2]([CH]2C(C)=Cc3ccccc32)=[Ge]([CH3])[CH3])=C1C.[Cl-].[Cl-]. The van der Waals surface area contributed by atoms with E-state index in [1.807, 2.05) is 3.28 Å². The van der Waals surface area contributed by atoms with E-state index in [9.17, 15) is 0 Å². The molecule has 0 bridgehead atoms. The Hall–Kier alpha value is 0.446. The van der Waals surface area contributed by atoms with Gasteiger partial charge in [-0.2, -0.15) is 0 Å². The number of halogens is 2. The van der Waals surface area contributed by atoms with Crippen molar-refractivity contribution in [3.05, 3.63) is 61.5 Å². The van der Waals surface area contributed by atoms with Crippen LogP contribution in [0.4, 0.5) is 0 Å². The smallest absolute Gasteiger partial charge is 1.00 e. The zero-order valence-electron chi connectivity index (χ0n) is 15.4. The third kappa shape index (κ3) is 3.90. The maximum atomic E-state index is 2.64. The van der Waals surface area contributed by atoms with Crippen molar-refractivity contribution in [3.63, 3.8) is 0 Å². The quantitative estimate of drug-likeness (QED) is 0.497. The number of fused-ring (bicyclic) bond motifs is 1. The molecule has 2 aliphatic carbocycles. The molecule has 0 amide bonds. The summed E-state index contributed by atoms with van der Waals surface area (Å²) in [4.78, 5) is 0. The van der Waals surface area contributed by atoms with Gasteiger partial charge < -0.3 is 24.8 Å². The van der Waals surface area contributed by atoms with Crippen LogP contribution < -0.4 is 24.8 Å². The Balaban J connectivity index is 0.00000144. The number of hydrogen-bond donors (Lipinski definition) is 0. The molecule has 24 heavy (non-hydrogen) atoms. The number of hydrogen-bond acceptors (Lipinski definition) is 0. The van der Waals surface area contributed by atoms with Gasteiger partial charge in [-0.1, -0.05) is 0 Å². The first-order chi connectivity index (χ1) is 10.4. The summed E-state index contributed by atoms with van der Waals surface area (Å²) >= 11 is -1.64. The molecule has 2 unspecified atom stereocenters. The Labute approximate surface area is 168 Å². The van der Waals surface area contributed by atoms with Gasteiger partial charge in [-0.05, 0) is 0 Å². The van der Waals surface area contributed by atoms with Crippen molar-refractivity contribution in [2.45, 2.75) is 42.8 Å². The minimum Gasteiger partial charge on any atom is -1.00 e. The van der Waals surface area contributed by atoms with Gasteiger partial charge in [-0.25, -0.2) is 0 Å². The molecule has 0 N–H and O–H groups in total. The summed E-state index contributed by atoms with van der Waals surface area (Å²) in [5.41, 5.74) is 8.01. The van der Waals surface area contributed by atoms with Crippen LogP contribution in [0.3, 0.4) is 0 Å². The van der Waals surface area contributed by atoms with Gasteiger partial charge in [0.1, 0.15) is 0 Å². The van der Waals surface area contributed by atoms with Crippen molar-refractivity contribution in [3.8, 4) is 0 Å². The first-order valence-electron chi connectivity index (χ1n) is 8.26. The minimum atomic E-state index is -1.64. The largest absolute Gasteiger partial charge is 1.00 e. The molecule has 0 aliphatic heterocycles. The van der Waals surface area contributed by atoms with Gasteiger partial charge in [-0.3, -0.25) is 0 Å². The Morgan fingerprint density at radius 3 is 2.17 bits per heavy atom. The maximum Gasteiger partial charge on any atom is -1.00 e. The Bertz CT molecular complexity index is 768. The predicted octanol–water partition coefficient (Wildman–Crippen LogP) is -0.108. The summed E-state index contributed by atoms with van der Waals surface area (Å²) in [6, 6.07) is 9.16. The van der Waals surface area contributed by atoms with Crippen LogP contribution >= 0.6 is 0 Å². The molecule has 2 aliphatic rings. The van der Waals surface area contributed by atoms with E-state index in [4.69, 9.17) is 0 Å². The molecule has 1 aromatic carbocycles. The van der Waals surface area contributed by atoms with Gasteiger partial charge in [0.15, 0.2) is 0 Å². The molecular weight excluding hydrogens is 475 g/mol. The first kappa shape index (κ1) is 22.5. The van der Waals surface area contributed by atoms with E-state index in [-0.39, 0.29) is 24.8 Å². The Morgan fingerprint density at radius 2 is 1.62 bits per heavy atom. The fourth-order valence-electron chi connectivity index (χ4n) is 4.16. The molecule has 3 rings (SSSR count). The van der Waals surface area contributed by atoms with E-state index in [2.05, 4.69) is 75.6 Å². The van der Waals surface area contributed by atoms with Gasteiger partial charge >= 0.3 is 145 Å². The van der Waals surface area contributed by atoms with Crippen molar-refractivity contribution in [1.29, 1.82) is 0 Å². The van der Waals surface area contributed by atoms with Crippen LogP contribution in [-0.4, -0.2) is 9.98 Å². The molecule has 0 saturated carbocycles. The van der Waals surface area contributed by atoms with Gasteiger partial charge in [-0.15, -0.1) is 0 Å². The van der Waals surface area contributed by atoms with E-state index >= 15 is 0 Å². The third-order valence-electron chi connectivity index (χ3n) is 5.21. The predicted molar refractivity (Wildman–Crippen MR) is 95.9 cm³/mol. The zero-order valence-corrected chi connectivity index (χ0v) is 21.4. The molecular formula is C20H26Cl2GeZr. The van der Waals surface area contributed by atoms with E-state index in [1.54, 1.807) is 22.3 Å². The fraction of sp³-hybridized carbons (Fsp3) is 0.400. The van der Waals surface area contributed by atoms with Crippen LogP contribution in [0.1, 0.15) is 42.4 Å². The molecule has 4 heteroatoms. The average molecular weight is 501 g/mol. The van der Waals surface area contributed by atoms with Crippen molar-refractivity contribution in [2.75, 3.05) is 0 Å². The average Bonchev–Trinajstić information content (AvgIpc) is 2.90. The number of rotatable bonds is 2. The van der Waals surface area contributed by atoms with Crippen LogP contribution in [0.25, 0.3) is 6.08 Å². The topological polar surface area (TPSA) is 0 Å². The summed E-state index contributed by atoms with van der Waals surface area (Å²) in [6.45, 7) is 9.54. The second kappa shape index (κ2) is 8.89. The summed E-state index contributed by atoms with van der Waals surface area (Å²) in [6.07, 6.45) is 4.99. The minimum absolute atomic E-state index is 0. The van der Waals surface area contributed by atoms with Crippen LogP contribution in [0.15, 0.2) is 50.3 Å². The van der Waals surface area contributed by atoms with Gasteiger partial charge in [0.25, 0.3) is 0 Å². The third-order valence-corrected chi connectivity index (χ3v) is 34.9. The van der Waals surface area contributed by atoms with Gasteiger partial charge in [0, 0.05) is 0 Å². The van der Waals surface area contributed by atoms with E-state index < -0.39 is 28.6 Å².